The molecule has 1 aromatic rings. The molecule has 4 heteroatoms. The lowest BCUT2D eigenvalue weighted by molar-refractivity contribution is 0.0492. The smallest absolute Gasteiger partial charge is 0.407 e. The molecule has 0 heterocycles. The van der Waals surface area contributed by atoms with Gasteiger partial charge in [0, 0.05) is 17.8 Å². The maximum absolute atomic E-state index is 11.9. The third kappa shape index (κ3) is 5.65. The van der Waals surface area contributed by atoms with Gasteiger partial charge in [-0.05, 0) is 82.9 Å². The molecule has 2 fully saturated rings. The predicted octanol–water partition coefficient (Wildman–Crippen LogP) is 5.59. The summed E-state index contributed by atoms with van der Waals surface area (Å²) in [6.45, 7) is 5.68. The quantitative estimate of drug-likeness (QED) is 0.737. The monoisotopic (exact) mass is 358 g/mol. The highest BCUT2D eigenvalue weighted by atomic mass is 16.6. The molecule has 0 bridgehead atoms. The van der Waals surface area contributed by atoms with Gasteiger partial charge in [-0.3, -0.25) is 0 Å². The van der Waals surface area contributed by atoms with E-state index in [-0.39, 0.29) is 12.1 Å². The van der Waals surface area contributed by atoms with Crippen molar-refractivity contribution in [3.63, 3.8) is 0 Å². The number of nitrogens with one attached hydrogen (secondary N) is 2. The van der Waals surface area contributed by atoms with Crippen molar-refractivity contribution < 1.29 is 9.53 Å². The van der Waals surface area contributed by atoms with Crippen LogP contribution in [0.15, 0.2) is 24.3 Å². The fourth-order valence-corrected chi connectivity index (χ4v) is 4.20. The van der Waals surface area contributed by atoms with Crippen LogP contribution in [-0.2, 0) is 4.74 Å². The number of amides is 1. The first kappa shape index (κ1) is 19.1. The zero-order valence-electron chi connectivity index (χ0n) is 16.5. The van der Waals surface area contributed by atoms with Gasteiger partial charge in [0.05, 0.1) is 0 Å². The number of carbonyl (C=O) groups is 1. The van der Waals surface area contributed by atoms with Crippen molar-refractivity contribution in [2.45, 2.75) is 95.7 Å². The van der Waals surface area contributed by atoms with Gasteiger partial charge >= 0.3 is 6.09 Å². The minimum atomic E-state index is -0.437. The van der Waals surface area contributed by atoms with Gasteiger partial charge in [-0.25, -0.2) is 4.79 Å². The first-order valence-electron chi connectivity index (χ1n) is 10.2. The van der Waals surface area contributed by atoms with Crippen molar-refractivity contribution in [2.75, 3.05) is 5.32 Å². The van der Waals surface area contributed by atoms with Crippen LogP contribution in [0, 0.1) is 0 Å². The third-order valence-corrected chi connectivity index (χ3v) is 5.56. The Balaban J connectivity index is 1.41. The van der Waals surface area contributed by atoms with E-state index in [0.29, 0.717) is 6.04 Å². The van der Waals surface area contributed by atoms with Crippen LogP contribution in [-0.4, -0.2) is 23.8 Å². The summed E-state index contributed by atoms with van der Waals surface area (Å²) in [5, 5.41) is 6.68. The van der Waals surface area contributed by atoms with Crippen molar-refractivity contribution in [1.82, 2.24) is 5.32 Å². The van der Waals surface area contributed by atoms with Crippen molar-refractivity contribution in [3.8, 4) is 0 Å². The molecule has 4 nitrogen and oxygen atoms in total. The minimum absolute atomic E-state index is 0.229. The average molecular weight is 359 g/mol. The second-order valence-electron chi connectivity index (χ2n) is 8.94. The van der Waals surface area contributed by atoms with Crippen molar-refractivity contribution in [2.24, 2.45) is 0 Å². The molecule has 1 amide bonds. The van der Waals surface area contributed by atoms with Gasteiger partial charge in [-0.2, -0.15) is 0 Å². The van der Waals surface area contributed by atoms with E-state index >= 15 is 0 Å². The summed E-state index contributed by atoms with van der Waals surface area (Å²) < 4.78 is 5.35. The molecule has 3 rings (SSSR count). The van der Waals surface area contributed by atoms with Gasteiger partial charge in [0.2, 0.25) is 0 Å². The molecule has 144 valence electrons. The fraction of sp³-hybridized carbons (Fsp3) is 0.682. The van der Waals surface area contributed by atoms with Crippen LogP contribution in [0.25, 0.3) is 0 Å². The largest absolute Gasteiger partial charge is 0.444 e. The second kappa shape index (κ2) is 8.32. The molecule has 26 heavy (non-hydrogen) atoms. The lowest BCUT2D eigenvalue weighted by Crippen LogP contribution is -2.42. The zero-order chi connectivity index (χ0) is 18.6. The van der Waals surface area contributed by atoms with Gasteiger partial charge in [-0.1, -0.05) is 25.0 Å². The Hall–Kier alpha value is -1.71. The lowest BCUT2D eigenvalue weighted by atomic mass is 9.91. The third-order valence-electron chi connectivity index (χ3n) is 5.56. The van der Waals surface area contributed by atoms with E-state index in [1.165, 1.54) is 36.9 Å². The molecule has 1 aromatic carbocycles. The first-order chi connectivity index (χ1) is 12.4. The van der Waals surface area contributed by atoms with Gasteiger partial charge in [-0.15, -0.1) is 0 Å². The van der Waals surface area contributed by atoms with Gasteiger partial charge in [0.25, 0.3) is 0 Å². The summed E-state index contributed by atoms with van der Waals surface area (Å²) in [7, 11) is 0. The molecule has 0 aromatic heterocycles. The fourth-order valence-electron chi connectivity index (χ4n) is 4.20. The van der Waals surface area contributed by atoms with Crippen molar-refractivity contribution >= 4 is 11.8 Å². The van der Waals surface area contributed by atoms with E-state index in [9.17, 15) is 4.79 Å². The number of hydrogen-bond donors (Lipinski definition) is 2. The Bertz CT molecular complexity index is 577. The van der Waals surface area contributed by atoms with Crippen LogP contribution in [0.3, 0.4) is 0 Å². The summed E-state index contributed by atoms with van der Waals surface area (Å²) in [6.07, 6.45) is 9.31. The van der Waals surface area contributed by atoms with Crippen molar-refractivity contribution in [3.05, 3.63) is 29.8 Å². The molecule has 2 N–H and O–H groups in total. The molecule has 2 aliphatic carbocycles. The molecule has 2 saturated carbocycles. The van der Waals surface area contributed by atoms with Crippen LogP contribution in [0.4, 0.5) is 10.5 Å². The molecule has 0 unspecified atom stereocenters. The van der Waals surface area contributed by atoms with E-state index in [2.05, 4.69) is 34.9 Å². The lowest BCUT2D eigenvalue weighted by Gasteiger charge is -2.31. The Morgan fingerprint density at radius 3 is 2.08 bits per heavy atom. The highest BCUT2D eigenvalue weighted by Gasteiger charge is 2.25. The number of carbonyl (C=O) groups excluding carboxylic acids is 1. The number of hydrogen-bond acceptors (Lipinski definition) is 3. The van der Waals surface area contributed by atoms with Crippen LogP contribution < -0.4 is 10.6 Å². The van der Waals surface area contributed by atoms with E-state index in [0.717, 1.165) is 31.6 Å². The predicted molar refractivity (Wildman–Crippen MR) is 107 cm³/mol. The summed E-state index contributed by atoms with van der Waals surface area (Å²) in [5.74, 6) is 0.776. The average Bonchev–Trinajstić information content (AvgIpc) is 3.10. The Kier molecular flexibility index (Phi) is 6.10. The number of ether oxygens (including phenoxy) is 1. The minimum Gasteiger partial charge on any atom is -0.444 e. The van der Waals surface area contributed by atoms with Gasteiger partial charge in [0.15, 0.2) is 0 Å². The summed E-state index contributed by atoms with van der Waals surface area (Å²) in [4.78, 5) is 11.9. The Morgan fingerprint density at radius 1 is 0.923 bits per heavy atom. The summed E-state index contributed by atoms with van der Waals surface area (Å²) >= 11 is 0. The topological polar surface area (TPSA) is 50.4 Å². The molecular weight excluding hydrogens is 324 g/mol. The molecule has 0 aliphatic heterocycles. The standard InChI is InChI=1S/C22H34N2O2/c1-22(2,3)26-21(25)24-20-14-12-19(13-15-20)23-18-10-8-17(9-11-18)16-6-4-5-7-16/h8-11,16,19-20,23H,4-7,12-15H2,1-3H3,(H,24,25). The summed E-state index contributed by atoms with van der Waals surface area (Å²) in [6, 6.07) is 9.79. The Labute approximate surface area is 158 Å². The van der Waals surface area contributed by atoms with E-state index in [1.807, 2.05) is 20.8 Å². The number of rotatable bonds is 4. The van der Waals surface area contributed by atoms with Crippen LogP contribution in [0.2, 0.25) is 0 Å². The molecule has 0 spiro atoms. The zero-order valence-corrected chi connectivity index (χ0v) is 16.5. The van der Waals surface area contributed by atoms with E-state index < -0.39 is 5.60 Å². The van der Waals surface area contributed by atoms with Crippen LogP contribution in [0.1, 0.15) is 83.6 Å². The number of alkyl carbamates (subject to hydrolysis) is 1. The molecular formula is C22H34N2O2. The first-order valence-corrected chi connectivity index (χ1v) is 10.2. The van der Waals surface area contributed by atoms with Crippen molar-refractivity contribution in [1.29, 1.82) is 0 Å². The maximum atomic E-state index is 11.9. The van der Waals surface area contributed by atoms with Gasteiger partial charge < -0.3 is 15.4 Å². The molecule has 2 aliphatic rings. The number of benzene rings is 1. The number of anilines is 1. The van der Waals surface area contributed by atoms with Crippen LogP contribution in [0.5, 0.6) is 0 Å². The summed E-state index contributed by atoms with van der Waals surface area (Å²) in [5.41, 5.74) is 2.28. The van der Waals surface area contributed by atoms with Gasteiger partial charge in [0.1, 0.15) is 5.60 Å². The highest BCUT2D eigenvalue weighted by Crippen LogP contribution is 2.34. The highest BCUT2D eigenvalue weighted by molar-refractivity contribution is 5.68. The van der Waals surface area contributed by atoms with E-state index in [4.69, 9.17) is 4.74 Å². The maximum Gasteiger partial charge on any atom is 0.407 e. The molecule has 0 saturated heterocycles. The second-order valence-corrected chi connectivity index (χ2v) is 8.94. The molecule has 0 radical (unpaired) electrons. The molecule has 0 atom stereocenters. The van der Waals surface area contributed by atoms with Crippen LogP contribution >= 0.6 is 0 Å². The SMILES string of the molecule is CC(C)(C)OC(=O)NC1CCC(Nc2ccc(C3CCCC3)cc2)CC1. The normalized spacial score (nSPS) is 24.3. The van der Waals surface area contributed by atoms with E-state index in [1.54, 1.807) is 0 Å². The Morgan fingerprint density at radius 2 is 1.50 bits per heavy atom.